The lowest BCUT2D eigenvalue weighted by Gasteiger charge is -2.08. The first-order valence-electron chi connectivity index (χ1n) is 12.0. The van der Waals surface area contributed by atoms with Crippen molar-refractivity contribution < 1.29 is 4.79 Å². The first-order valence-corrected chi connectivity index (χ1v) is 12.0. The second kappa shape index (κ2) is 13.6. The summed E-state index contributed by atoms with van der Waals surface area (Å²) < 4.78 is 0. The molecule has 0 heterocycles. The molecular formula is C30H39NO. The van der Waals surface area contributed by atoms with Gasteiger partial charge in [0.05, 0.1) is 0 Å². The molecule has 0 saturated carbocycles. The quantitative estimate of drug-likeness (QED) is 0.285. The fraction of sp³-hybridized carbons (Fsp3) is 0.367. The van der Waals surface area contributed by atoms with Crippen LogP contribution < -0.4 is 5.73 Å². The van der Waals surface area contributed by atoms with Crippen LogP contribution in [0.15, 0.2) is 84.0 Å². The minimum atomic E-state index is 0.0664. The number of rotatable bonds is 12. The monoisotopic (exact) mass is 429 g/mol. The summed E-state index contributed by atoms with van der Waals surface area (Å²) in [6, 6.07) is 6.42. The number of nitrogens with two attached hydrogens (primary N) is 1. The zero-order valence-corrected chi connectivity index (χ0v) is 20.1. The molecule has 1 aromatic carbocycles. The smallest absolute Gasteiger partial charge is 0.160 e. The van der Waals surface area contributed by atoms with E-state index in [1.165, 1.54) is 22.3 Å². The molecule has 2 heteroatoms. The molecule has 0 bridgehead atoms. The van der Waals surface area contributed by atoms with Gasteiger partial charge in [0.1, 0.15) is 0 Å². The van der Waals surface area contributed by atoms with Crippen LogP contribution in [0.25, 0.3) is 6.08 Å². The minimum absolute atomic E-state index is 0.0664. The van der Waals surface area contributed by atoms with Crippen LogP contribution in [0.2, 0.25) is 0 Å². The molecule has 1 unspecified atom stereocenters. The summed E-state index contributed by atoms with van der Waals surface area (Å²) >= 11 is 0. The van der Waals surface area contributed by atoms with Crippen molar-refractivity contribution in [2.75, 3.05) is 6.54 Å². The normalized spacial score (nSPS) is 16.3. The van der Waals surface area contributed by atoms with Crippen molar-refractivity contribution >= 4 is 11.9 Å². The van der Waals surface area contributed by atoms with Crippen LogP contribution in [0.3, 0.4) is 0 Å². The average Bonchev–Trinajstić information content (AvgIpc) is 3.02. The lowest BCUT2D eigenvalue weighted by Crippen LogP contribution is -2.02. The van der Waals surface area contributed by atoms with Gasteiger partial charge in [-0.2, -0.15) is 0 Å². The SMILES string of the molecule is C=C(/C=C/C1=CC(CC)C=C(CC)C=C1)CC(=O)/C=C/c1ccc(CCCN)c(CC)c1. The van der Waals surface area contributed by atoms with Gasteiger partial charge < -0.3 is 5.73 Å². The Morgan fingerprint density at radius 2 is 1.84 bits per heavy atom. The van der Waals surface area contributed by atoms with Gasteiger partial charge in [-0.3, -0.25) is 4.79 Å². The maximum absolute atomic E-state index is 12.4. The number of hydrogen-bond acceptors (Lipinski definition) is 2. The second-order valence-electron chi connectivity index (χ2n) is 8.41. The van der Waals surface area contributed by atoms with Crippen molar-refractivity contribution in [3.63, 3.8) is 0 Å². The van der Waals surface area contributed by atoms with Gasteiger partial charge in [-0.25, -0.2) is 0 Å². The molecule has 0 radical (unpaired) electrons. The van der Waals surface area contributed by atoms with Gasteiger partial charge in [-0.1, -0.05) is 93.7 Å². The molecule has 2 nitrogen and oxygen atoms in total. The van der Waals surface area contributed by atoms with Gasteiger partial charge in [-0.15, -0.1) is 0 Å². The predicted octanol–water partition coefficient (Wildman–Crippen LogP) is 7.08. The fourth-order valence-electron chi connectivity index (χ4n) is 3.83. The summed E-state index contributed by atoms with van der Waals surface area (Å²) in [6.07, 6.45) is 22.0. The third-order valence-electron chi connectivity index (χ3n) is 5.84. The van der Waals surface area contributed by atoms with E-state index in [1.54, 1.807) is 6.08 Å². The van der Waals surface area contributed by atoms with Crippen molar-refractivity contribution in [1.82, 2.24) is 0 Å². The van der Waals surface area contributed by atoms with E-state index in [0.717, 1.165) is 43.2 Å². The molecule has 2 N–H and O–H groups in total. The molecule has 1 aliphatic rings. The molecule has 0 aliphatic heterocycles. The van der Waals surface area contributed by atoms with Gasteiger partial charge in [0, 0.05) is 6.42 Å². The minimum Gasteiger partial charge on any atom is -0.330 e. The van der Waals surface area contributed by atoms with Crippen LogP contribution >= 0.6 is 0 Å². The first kappa shape index (κ1) is 25.5. The number of benzene rings is 1. The highest BCUT2D eigenvalue weighted by Crippen LogP contribution is 2.21. The molecule has 32 heavy (non-hydrogen) atoms. The molecule has 0 spiro atoms. The summed E-state index contributed by atoms with van der Waals surface area (Å²) in [4.78, 5) is 12.4. The highest BCUT2D eigenvalue weighted by atomic mass is 16.1. The lowest BCUT2D eigenvalue weighted by molar-refractivity contribution is -0.113. The number of allylic oxidation sites excluding steroid dienone is 10. The lowest BCUT2D eigenvalue weighted by atomic mass is 9.98. The molecule has 0 saturated heterocycles. The van der Waals surface area contributed by atoms with Crippen LogP contribution in [0, 0.1) is 5.92 Å². The Hall–Kier alpha value is -2.71. The van der Waals surface area contributed by atoms with Crippen LogP contribution in [-0.2, 0) is 17.6 Å². The summed E-state index contributed by atoms with van der Waals surface area (Å²) in [5.41, 5.74) is 12.7. The third-order valence-corrected chi connectivity index (χ3v) is 5.84. The molecule has 1 atom stereocenters. The van der Waals surface area contributed by atoms with Crippen molar-refractivity contribution in [3.05, 3.63) is 101 Å². The number of carbonyl (C=O) groups excluding carboxylic acids is 1. The molecule has 0 aromatic heterocycles. The first-order chi connectivity index (χ1) is 15.5. The van der Waals surface area contributed by atoms with Crippen molar-refractivity contribution in [2.24, 2.45) is 11.7 Å². The summed E-state index contributed by atoms with van der Waals surface area (Å²) in [7, 11) is 0. The second-order valence-corrected chi connectivity index (χ2v) is 8.41. The summed E-state index contributed by atoms with van der Waals surface area (Å²) in [6.45, 7) is 11.3. The Balaban J connectivity index is 1.96. The molecule has 1 aromatic rings. The van der Waals surface area contributed by atoms with Crippen molar-refractivity contribution in [2.45, 2.75) is 59.3 Å². The third kappa shape index (κ3) is 8.43. The van der Waals surface area contributed by atoms with Crippen molar-refractivity contribution in [1.29, 1.82) is 0 Å². The Labute approximate surface area is 195 Å². The van der Waals surface area contributed by atoms with Crippen LogP contribution in [0.4, 0.5) is 0 Å². The van der Waals surface area contributed by atoms with E-state index in [0.29, 0.717) is 18.9 Å². The molecule has 1 aliphatic carbocycles. The molecule has 2 rings (SSSR count). The summed E-state index contributed by atoms with van der Waals surface area (Å²) in [5.74, 6) is 0.517. The Morgan fingerprint density at radius 1 is 1.03 bits per heavy atom. The van der Waals surface area contributed by atoms with Gasteiger partial charge in [0.2, 0.25) is 0 Å². The van der Waals surface area contributed by atoms with Gasteiger partial charge in [-0.05, 0) is 78.5 Å². The molecular weight excluding hydrogens is 390 g/mol. The zero-order valence-electron chi connectivity index (χ0n) is 20.1. The van der Waals surface area contributed by atoms with E-state index in [9.17, 15) is 4.79 Å². The standard InChI is InChI=1S/C30H39NO/c1-5-24-12-13-26(21-25(6-2)20-24)11-10-23(4)19-30(32)17-15-27-14-16-29(9-8-18-31)28(7-3)22-27/h10-17,20-22,25H,4-9,18-19,31H2,1-3H3/b11-10+,17-15+. The van der Waals surface area contributed by atoms with E-state index in [-0.39, 0.29) is 5.78 Å². The van der Waals surface area contributed by atoms with Gasteiger partial charge in [0.15, 0.2) is 5.78 Å². The van der Waals surface area contributed by atoms with Crippen LogP contribution in [0.1, 0.15) is 63.1 Å². The van der Waals surface area contributed by atoms with E-state index in [4.69, 9.17) is 5.73 Å². The number of hydrogen-bond donors (Lipinski definition) is 1. The zero-order chi connectivity index (χ0) is 23.3. The van der Waals surface area contributed by atoms with Gasteiger partial charge in [0.25, 0.3) is 0 Å². The van der Waals surface area contributed by atoms with Crippen LogP contribution in [0.5, 0.6) is 0 Å². The molecule has 0 amide bonds. The molecule has 170 valence electrons. The maximum atomic E-state index is 12.4. The highest BCUT2D eigenvalue weighted by molar-refractivity contribution is 5.95. The predicted molar refractivity (Wildman–Crippen MR) is 140 cm³/mol. The topological polar surface area (TPSA) is 43.1 Å². The average molecular weight is 430 g/mol. The van der Waals surface area contributed by atoms with E-state index >= 15 is 0 Å². The van der Waals surface area contributed by atoms with Crippen molar-refractivity contribution in [3.8, 4) is 0 Å². The number of ketones is 1. The maximum Gasteiger partial charge on any atom is 0.160 e. The Bertz CT molecular complexity index is 940. The largest absolute Gasteiger partial charge is 0.330 e. The molecule has 0 fully saturated rings. The fourth-order valence-corrected chi connectivity index (χ4v) is 3.83. The highest BCUT2D eigenvalue weighted by Gasteiger charge is 2.06. The Kier molecular flexibility index (Phi) is 10.9. The summed E-state index contributed by atoms with van der Waals surface area (Å²) in [5, 5.41) is 0. The number of aryl methyl sites for hydroxylation is 2. The van der Waals surface area contributed by atoms with Gasteiger partial charge >= 0.3 is 0 Å². The van der Waals surface area contributed by atoms with E-state index < -0.39 is 0 Å². The Morgan fingerprint density at radius 3 is 2.53 bits per heavy atom. The number of carbonyl (C=O) groups is 1. The van der Waals surface area contributed by atoms with E-state index in [2.05, 4.69) is 75.9 Å². The van der Waals surface area contributed by atoms with Crippen LogP contribution in [-0.4, -0.2) is 12.3 Å². The van der Waals surface area contributed by atoms with E-state index in [1.807, 2.05) is 12.2 Å².